The van der Waals surface area contributed by atoms with Crippen LogP contribution in [0.4, 0.5) is 10.5 Å². The monoisotopic (exact) mass is 365 g/mol. The highest BCUT2D eigenvalue weighted by atomic mass is 16.7. The molecule has 1 saturated heterocycles. The van der Waals surface area contributed by atoms with E-state index in [4.69, 9.17) is 19.4 Å². The summed E-state index contributed by atoms with van der Waals surface area (Å²) in [5, 5.41) is 11.7. The minimum atomic E-state index is -0.527. The number of benzene rings is 1. The molecule has 8 nitrogen and oxygen atoms in total. The molecule has 142 valence electrons. The Kier molecular flexibility index (Phi) is 5.73. The van der Waals surface area contributed by atoms with Gasteiger partial charge in [-0.25, -0.2) is 10.0 Å². The quantitative estimate of drug-likeness (QED) is 0.777. The van der Waals surface area contributed by atoms with Crippen molar-refractivity contribution in [3.63, 3.8) is 0 Å². The first-order valence-electron chi connectivity index (χ1n) is 9.04. The number of rotatable bonds is 5. The summed E-state index contributed by atoms with van der Waals surface area (Å²) in [5.41, 5.74) is 0.0664. The molecule has 1 aliphatic carbocycles. The lowest BCUT2D eigenvalue weighted by Crippen LogP contribution is -2.45. The summed E-state index contributed by atoms with van der Waals surface area (Å²) in [6.07, 6.45) is 3.84. The summed E-state index contributed by atoms with van der Waals surface area (Å²) < 4.78 is 16.8. The van der Waals surface area contributed by atoms with Crippen molar-refractivity contribution in [2.24, 2.45) is 5.92 Å². The Morgan fingerprint density at radius 1 is 1.31 bits per heavy atom. The summed E-state index contributed by atoms with van der Waals surface area (Å²) in [6.45, 7) is 3.36. The highest BCUT2D eigenvalue weighted by Crippen LogP contribution is 2.39. The van der Waals surface area contributed by atoms with Gasteiger partial charge in [-0.1, -0.05) is 6.92 Å². The van der Waals surface area contributed by atoms with E-state index in [1.165, 1.54) is 24.3 Å². The molecule has 8 heteroatoms. The van der Waals surface area contributed by atoms with Crippen molar-refractivity contribution in [3.8, 4) is 5.75 Å². The van der Waals surface area contributed by atoms with Crippen LogP contribution in [0.2, 0.25) is 0 Å². The van der Waals surface area contributed by atoms with Crippen molar-refractivity contribution in [1.82, 2.24) is 5.32 Å². The van der Waals surface area contributed by atoms with E-state index in [1.807, 2.05) is 6.92 Å². The Morgan fingerprint density at radius 2 is 1.92 bits per heavy atom. The molecule has 1 heterocycles. The molecule has 0 aromatic heterocycles. The summed E-state index contributed by atoms with van der Waals surface area (Å²) >= 11 is 0. The van der Waals surface area contributed by atoms with Gasteiger partial charge in [0.15, 0.2) is 5.79 Å². The van der Waals surface area contributed by atoms with E-state index in [-0.39, 0.29) is 16.7 Å². The molecule has 3 rings (SSSR count). The van der Waals surface area contributed by atoms with Crippen LogP contribution in [0.5, 0.6) is 5.75 Å². The molecule has 26 heavy (non-hydrogen) atoms. The van der Waals surface area contributed by atoms with Gasteiger partial charge in [-0.2, -0.15) is 0 Å². The molecule has 1 unspecified atom stereocenters. The fraction of sp³-hybridized carbons (Fsp3) is 0.611. The molecule has 1 aromatic carbocycles. The topological polar surface area (TPSA) is 97.1 Å². The lowest BCUT2D eigenvalue weighted by molar-refractivity contribution is -0.729. The lowest BCUT2D eigenvalue weighted by atomic mass is 9.80. The average Bonchev–Trinajstić information content (AvgIpc) is 3.09. The first-order chi connectivity index (χ1) is 12.5. The van der Waals surface area contributed by atoms with E-state index in [1.54, 1.807) is 0 Å². The zero-order valence-electron chi connectivity index (χ0n) is 14.8. The van der Waals surface area contributed by atoms with Gasteiger partial charge >= 0.3 is 11.8 Å². The maximum absolute atomic E-state index is 12.2. The second-order valence-corrected chi connectivity index (χ2v) is 6.76. The van der Waals surface area contributed by atoms with Crippen LogP contribution in [0.25, 0.3) is 0 Å². The van der Waals surface area contributed by atoms with Crippen LogP contribution < -0.4 is 10.1 Å². The van der Waals surface area contributed by atoms with E-state index in [0.29, 0.717) is 24.9 Å². The largest absolute Gasteiger partial charge is 0.412 e. The van der Waals surface area contributed by atoms with E-state index in [0.717, 1.165) is 32.1 Å². The molecule has 1 saturated carbocycles. The van der Waals surface area contributed by atoms with E-state index < -0.39 is 11.9 Å². The zero-order chi connectivity index (χ0) is 18.6. The summed E-state index contributed by atoms with van der Waals surface area (Å²) in [7, 11) is 0. The number of carbonyl (C=O) groups excluding carboxylic acids is 1. The molecule has 2 aliphatic rings. The maximum atomic E-state index is 12.2. The van der Waals surface area contributed by atoms with Crippen LogP contribution in [0, 0.1) is 10.8 Å². The SMILES string of the molecule is CCC(NC(=O)Oc1ccc([N+](=O)O)cc1)C1CCC2(CC1)OCCO2. The van der Waals surface area contributed by atoms with Crippen molar-refractivity contribution >= 4 is 11.8 Å². The second kappa shape index (κ2) is 8.01. The Balaban J connectivity index is 1.51. The van der Waals surface area contributed by atoms with Gasteiger partial charge in [0.2, 0.25) is 0 Å². The summed E-state index contributed by atoms with van der Waals surface area (Å²) in [6, 6.07) is 5.67. The standard InChI is InChI=1S/C18H24N2O6/c1-2-16(13-7-9-18(10-8-13)24-11-12-25-18)19-17(21)26-15-5-3-14(4-6-15)20(22)23/h3-6,13,16H,2,7-12H2,1H3,(H-,19,21,22,23)/p+1. The van der Waals surface area contributed by atoms with Crippen LogP contribution >= 0.6 is 0 Å². The Labute approximate surface area is 152 Å². The first-order valence-corrected chi connectivity index (χ1v) is 9.04. The predicted molar refractivity (Wildman–Crippen MR) is 91.3 cm³/mol. The number of hydrogen-bond donors (Lipinski definition) is 2. The first kappa shape index (κ1) is 18.6. The highest BCUT2D eigenvalue weighted by Gasteiger charge is 2.41. The molecule has 1 aliphatic heterocycles. The van der Waals surface area contributed by atoms with Gasteiger partial charge in [0, 0.05) is 31.0 Å². The van der Waals surface area contributed by atoms with Crippen molar-refractivity contribution in [2.75, 3.05) is 13.2 Å². The number of nitrogens with zero attached hydrogens (tertiary/aromatic N) is 1. The molecular weight excluding hydrogens is 340 g/mol. The molecule has 1 aromatic rings. The van der Waals surface area contributed by atoms with E-state index >= 15 is 0 Å². The van der Waals surface area contributed by atoms with Gasteiger partial charge in [0.05, 0.1) is 18.1 Å². The number of amides is 1. The average molecular weight is 365 g/mol. The van der Waals surface area contributed by atoms with Crippen molar-refractivity contribution in [1.29, 1.82) is 0 Å². The minimum absolute atomic E-state index is 0.0232. The van der Waals surface area contributed by atoms with Gasteiger partial charge in [-0.3, -0.25) is 0 Å². The third-order valence-corrected chi connectivity index (χ3v) is 5.19. The third-order valence-electron chi connectivity index (χ3n) is 5.19. The molecular formula is C18H25N2O6+. The van der Waals surface area contributed by atoms with Crippen LogP contribution in [0.1, 0.15) is 39.0 Å². The molecule has 2 N–H and O–H groups in total. The van der Waals surface area contributed by atoms with Crippen LogP contribution in [-0.4, -0.2) is 41.3 Å². The van der Waals surface area contributed by atoms with Crippen molar-refractivity contribution in [2.45, 2.75) is 50.9 Å². The fourth-order valence-corrected chi connectivity index (χ4v) is 3.75. The minimum Gasteiger partial charge on any atom is -0.410 e. The maximum Gasteiger partial charge on any atom is 0.412 e. The molecule has 1 atom stereocenters. The number of hydrogen-bond acceptors (Lipinski definition) is 5. The zero-order valence-corrected chi connectivity index (χ0v) is 14.8. The highest BCUT2D eigenvalue weighted by molar-refractivity contribution is 5.70. The second-order valence-electron chi connectivity index (χ2n) is 6.76. The Hall–Kier alpha value is -2.19. The molecule has 1 spiro atoms. The molecule has 0 radical (unpaired) electrons. The predicted octanol–water partition coefficient (Wildman–Crippen LogP) is 3.29. The van der Waals surface area contributed by atoms with E-state index in [9.17, 15) is 9.70 Å². The van der Waals surface area contributed by atoms with Gasteiger partial charge < -0.3 is 19.5 Å². The summed E-state index contributed by atoms with van der Waals surface area (Å²) in [4.78, 5) is 22.7. The van der Waals surface area contributed by atoms with Crippen LogP contribution in [-0.2, 0) is 9.47 Å². The number of carbonyl (C=O) groups is 1. The van der Waals surface area contributed by atoms with Crippen molar-refractivity contribution in [3.05, 3.63) is 29.2 Å². The normalized spacial score (nSPS) is 20.7. The molecule has 1 amide bonds. The Bertz CT molecular complexity index is 632. The van der Waals surface area contributed by atoms with Gasteiger partial charge in [-0.15, -0.1) is 0 Å². The van der Waals surface area contributed by atoms with Gasteiger partial charge in [0.1, 0.15) is 5.75 Å². The number of ether oxygens (including phenoxy) is 3. The molecule has 0 bridgehead atoms. The Morgan fingerprint density at radius 3 is 2.46 bits per heavy atom. The number of nitrogens with one attached hydrogen (secondary N) is 1. The van der Waals surface area contributed by atoms with Gasteiger partial charge in [0.25, 0.3) is 4.92 Å². The lowest BCUT2D eigenvalue weighted by Gasteiger charge is -2.38. The smallest absolute Gasteiger partial charge is 0.410 e. The third kappa shape index (κ3) is 4.31. The van der Waals surface area contributed by atoms with Crippen molar-refractivity contribution < 1.29 is 29.1 Å². The van der Waals surface area contributed by atoms with Crippen LogP contribution in [0.3, 0.4) is 0 Å². The fourth-order valence-electron chi connectivity index (χ4n) is 3.75. The summed E-state index contributed by atoms with van der Waals surface area (Å²) in [5.74, 6) is 0.259. The van der Waals surface area contributed by atoms with Gasteiger partial charge in [-0.05, 0) is 37.3 Å². The molecule has 2 fully saturated rings. The van der Waals surface area contributed by atoms with Crippen LogP contribution in [0.15, 0.2) is 24.3 Å². The van der Waals surface area contributed by atoms with E-state index in [2.05, 4.69) is 5.32 Å².